The monoisotopic (exact) mass is 252 g/mol. The molecule has 2 aromatic heterocycles. The summed E-state index contributed by atoms with van der Waals surface area (Å²) in [6.45, 7) is 4.84. The Kier molecular flexibility index (Phi) is 3.33. The molecule has 90 valence electrons. The Morgan fingerprint density at radius 2 is 2.29 bits per heavy atom. The Hall–Kier alpha value is -1.56. The molecule has 0 aliphatic carbocycles. The molecule has 2 rings (SSSR count). The van der Waals surface area contributed by atoms with E-state index < -0.39 is 5.82 Å². The average molecular weight is 252 g/mol. The lowest BCUT2D eigenvalue weighted by Gasteiger charge is -2.09. The largest absolute Gasteiger partial charge is 0.300 e. The van der Waals surface area contributed by atoms with Gasteiger partial charge in [0.15, 0.2) is 16.4 Å². The molecular formula is C11H13FN4S. The van der Waals surface area contributed by atoms with E-state index in [-0.39, 0.29) is 0 Å². The highest BCUT2D eigenvalue weighted by molar-refractivity contribution is 7.71. The maximum atomic E-state index is 13.6. The van der Waals surface area contributed by atoms with E-state index in [1.807, 2.05) is 0 Å². The number of hydrogen-bond donors (Lipinski definition) is 1. The van der Waals surface area contributed by atoms with Crippen LogP contribution in [0.15, 0.2) is 18.5 Å². The number of aromatic amines is 1. The van der Waals surface area contributed by atoms with E-state index in [0.29, 0.717) is 28.6 Å². The molecule has 2 heterocycles. The van der Waals surface area contributed by atoms with Crippen LogP contribution in [0, 0.1) is 16.5 Å². The third-order valence-corrected chi connectivity index (χ3v) is 2.63. The SMILES string of the molecule is CC(C)Cn1c(-c2ccncc2F)n[nH]c1=S. The van der Waals surface area contributed by atoms with Crippen molar-refractivity contribution in [3.63, 3.8) is 0 Å². The molecule has 0 amide bonds. The lowest BCUT2D eigenvalue weighted by Crippen LogP contribution is -2.07. The zero-order chi connectivity index (χ0) is 12.4. The average Bonchev–Trinajstić information content (AvgIpc) is 2.61. The van der Waals surface area contributed by atoms with Gasteiger partial charge in [0.2, 0.25) is 0 Å². The molecule has 0 aromatic carbocycles. The third-order valence-electron chi connectivity index (χ3n) is 2.32. The number of aromatic nitrogens is 4. The molecule has 0 bridgehead atoms. The number of hydrogen-bond acceptors (Lipinski definition) is 3. The second-order valence-corrected chi connectivity index (χ2v) is 4.60. The van der Waals surface area contributed by atoms with Crippen LogP contribution in [0.4, 0.5) is 4.39 Å². The van der Waals surface area contributed by atoms with E-state index in [1.54, 1.807) is 10.6 Å². The van der Waals surface area contributed by atoms with Gasteiger partial charge in [0.05, 0.1) is 11.8 Å². The van der Waals surface area contributed by atoms with E-state index in [4.69, 9.17) is 12.2 Å². The van der Waals surface area contributed by atoms with E-state index in [1.165, 1.54) is 12.4 Å². The normalized spacial score (nSPS) is 11.1. The summed E-state index contributed by atoms with van der Waals surface area (Å²) in [7, 11) is 0. The highest BCUT2D eigenvalue weighted by Crippen LogP contribution is 2.20. The van der Waals surface area contributed by atoms with E-state index in [9.17, 15) is 4.39 Å². The summed E-state index contributed by atoms with van der Waals surface area (Å²) in [5.74, 6) is 0.526. The number of nitrogens with one attached hydrogen (secondary N) is 1. The van der Waals surface area contributed by atoms with E-state index in [2.05, 4.69) is 29.0 Å². The molecule has 0 unspecified atom stereocenters. The van der Waals surface area contributed by atoms with Gasteiger partial charge in [-0.15, -0.1) is 0 Å². The molecule has 0 aliphatic heterocycles. The molecule has 6 heteroatoms. The first-order chi connectivity index (χ1) is 8.09. The van der Waals surface area contributed by atoms with Gasteiger partial charge in [0.1, 0.15) is 0 Å². The Morgan fingerprint density at radius 3 is 2.94 bits per heavy atom. The van der Waals surface area contributed by atoms with Gasteiger partial charge in [-0.3, -0.25) is 14.6 Å². The molecule has 1 N–H and O–H groups in total. The summed E-state index contributed by atoms with van der Waals surface area (Å²) in [5, 5.41) is 6.77. The van der Waals surface area contributed by atoms with Crippen molar-refractivity contribution in [2.45, 2.75) is 20.4 Å². The zero-order valence-corrected chi connectivity index (χ0v) is 10.5. The predicted octanol–water partition coefficient (Wildman–Crippen LogP) is 2.80. The van der Waals surface area contributed by atoms with Crippen molar-refractivity contribution in [2.75, 3.05) is 0 Å². The number of nitrogens with zero attached hydrogens (tertiary/aromatic N) is 3. The summed E-state index contributed by atoms with van der Waals surface area (Å²) >= 11 is 5.14. The zero-order valence-electron chi connectivity index (χ0n) is 9.64. The summed E-state index contributed by atoms with van der Waals surface area (Å²) in [6.07, 6.45) is 2.71. The maximum Gasteiger partial charge on any atom is 0.195 e. The van der Waals surface area contributed by atoms with Gasteiger partial charge in [-0.2, -0.15) is 5.10 Å². The second-order valence-electron chi connectivity index (χ2n) is 4.21. The molecule has 0 aliphatic rings. The molecule has 0 saturated heterocycles. The molecule has 2 aromatic rings. The van der Waals surface area contributed by atoms with Crippen molar-refractivity contribution in [3.8, 4) is 11.4 Å². The van der Waals surface area contributed by atoms with Crippen molar-refractivity contribution in [1.82, 2.24) is 19.7 Å². The fraction of sp³-hybridized carbons (Fsp3) is 0.364. The lowest BCUT2D eigenvalue weighted by atomic mass is 10.2. The van der Waals surface area contributed by atoms with Crippen molar-refractivity contribution < 1.29 is 4.39 Å². The fourth-order valence-electron chi connectivity index (χ4n) is 1.61. The summed E-state index contributed by atoms with van der Waals surface area (Å²) < 4.78 is 15.9. The Bertz CT molecular complexity index is 573. The van der Waals surface area contributed by atoms with Gasteiger partial charge < -0.3 is 0 Å². The maximum absolute atomic E-state index is 13.6. The van der Waals surface area contributed by atoms with Crippen LogP contribution >= 0.6 is 12.2 Å². The molecule has 0 atom stereocenters. The first-order valence-electron chi connectivity index (χ1n) is 5.34. The van der Waals surface area contributed by atoms with Crippen LogP contribution in [0.25, 0.3) is 11.4 Å². The van der Waals surface area contributed by atoms with Crippen LogP contribution in [0.3, 0.4) is 0 Å². The van der Waals surface area contributed by atoms with Gasteiger partial charge in [0.25, 0.3) is 0 Å². The predicted molar refractivity (Wildman–Crippen MR) is 65.4 cm³/mol. The molecule has 0 fully saturated rings. The quantitative estimate of drug-likeness (QED) is 0.854. The molecule has 0 radical (unpaired) electrons. The topological polar surface area (TPSA) is 46.5 Å². The van der Waals surface area contributed by atoms with Crippen LogP contribution in [0.2, 0.25) is 0 Å². The number of rotatable bonds is 3. The molecule has 0 spiro atoms. The first kappa shape index (κ1) is 11.9. The first-order valence-corrected chi connectivity index (χ1v) is 5.75. The molecule has 4 nitrogen and oxygen atoms in total. The summed E-state index contributed by atoms with van der Waals surface area (Å²) in [6, 6.07) is 1.59. The molecular weight excluding hydrogens is 239 g/mol. The highest BCUT2D eigenvalue weighted by Gasteiger charge is 2.13. The van der Waals surface area contributed by atoms with Gasteiger partial charge in [-0.25, -0.2) is 4.39 Å². The molecule has 17 heavy (non-hydrogen) atoms. The van der Waals surface area contributed by atoms with Crippen LogP contribution < -0.4 is 0 Å². The lowest BCUT2D eigenvalue weighted by molar-refractivity contribution is 0.519. The number of H-pyrrole nitrogens is 1. The van der Waals surface area contributed by atoms with Crippen molar-refractivity contribution in [1.29, 1.82) is 0 Å². The highest BCUT2D eigenvalue weighted by atomic mass is 32.1. The minimum absolute atomic E-state index is 0.397. The Balaban J connectivity index is 2.53. The van der Waals surface area contributed by atoms with Gasteiger partial charge in [-0.05, 0) is 24.2 Å². The van der Waals surface area contributed by atoms with E-state index in [0.717, 1.165) is 0 Å². The van der Waals surface area contributed by atoms with Crippen molar-refractivity contribution in [2.24, 2.45) is 5.92 Å². The number of halogens is 1. The van der Waals surface area contributed by atoms with Crippen LogP contribution in [0.5, 0.6) is 0 Å². The van der Waals surface area contributed by atoms with Gasteiger partial charge >= 0.3 is 0 Å². The Labute approximate surface area is 104 Å². The standard InChI is InChI=1S/C11H13FN4S/c1-7(2)6-16-10(14-15-11(16)17)8-3-4-13-5-9(8)12/h3-5,7H,6H2,1-2H3,(H,15,17). The smallest absolute Gasteiger partial charge is 0.195 e. The minimum atomic E-state index is -0.397. The summed E-state index contributed by atoms with van der Waals surface area (Å²) in [5.41, 5.74) is 0.410. The second kappa shape index (κ2) is 4.75. The van der Waals surface area contributed by atoms with Gasteiger partial charge in [0, 0.05) is 12.7 Å². The van der Waals surface area contributed by atoms with Crippen LogP contribution in [-0.4, -0.2) is 19.7 Å². The fourth-order valence-corrected chi connectivity index (χ4v) is 1.82. The van der Waals surface area contributed by atoms with Crippen LogP contribution in [0.1, 0.15) is 13.8 Å². The molecule has 0 saturated carbocycles. The minimum Gasteiger partial charge on any atom is -0.300 e. The Morgan fingerprint density at radius 1 is 1.53 bits per heavy atom. The van der Waals surface area contributed by atoms with E-state index >= 15 is 0 Å². The van der Waals surface area contributed by atoms with Crippen molar-refractivity contribution >= 4 is 12.2 Å². The van der Waals surface area contributed by atoms with Gasteiger partial charge in [-0.1, -0.05) is 13.8 Å². The third kappa shape index (κ3) is 2.41. The van der Waals surface area contributed by atoms with Crippen molar-refractivity contribution in [3.05, 3.63) is 29.0 Å². The summed E-state index contributed by atoms with van der Waals surface area (Å²) in [4.78, 5) is 3.72. The number of pyridine rings is 1. The van der Waals surface area contributed by atoms with Crippen LogP contribution in [-0.2, 0) is 6.54 Å².